The monoisotopic (exact) mass is 251 g/mol. The van der Waals surface area contributed by atoms with Crippen molar-refractivity contribution in [2.24, 2.45) is 0 Å². The van der Waals surface area contributed by atoms with Crippen LogP contribution in [0.1, 0.15) is 30.6 Å². The van der Waals surface area contributed by atoms with Gasteiger partial charge in [0.1, 0.15) is 11.5 Å². The first kappa shape index (κ1) is 14.4. The zero-order valence-corrected chi connectivity index (χ0v) is 11.7. The molecule has 0 fully saturated rings. The Hall–Kier alpha value is -1.71. The summed E-state index contributed by atoms with van der Waals surface area (Å²) in [5, 5.41) is 0. The van der Waals surface area contributed by atoms with E-state index in [1.165, 1.54) is 0 Å². The molecule has 1 amide bonds. The number of carbonyl (C=O) groups is 1. The summed E-state index contributed by atoms with van der Waals surface area (Å²) >= 11 is 0. The average molecular weight is 251 g/mol. The Morgan fingerprint density at radius 3 is 2.50 bits per heavy atom. The molecule has 1 rings (SSSR count). The number of rotatable bonds is 5. The quantitative estimate of drug-likeness (QED) is 0.807. The number of carbonyl (C=O) groups excluding carboxylic acids is 1. The van der Waals surface area contributed by atoms with Crippen LogP contribution in [0.5, 0.6) is 11.5 Å². The summed E-state index contributed by atoms with van der Waals surface area (Å²) in [6.45, 7) is 4.08. The molecule has 1 aromatic rings. The van der Waals surface area contributed by atoms with Gasteiger partial charge in [-0.2, -0.15) is 0 Å². The van der Waals surface area contributed by atoms with Gasteiger partial charge in [-0.05, 0) is 25.5 Å². The van der Waals surface area contributed by atoms with E-state index in [4.69, 9.17) is 9.47 Å². The summed E-state index contributed by atoms with van der Waals surface area (Å²) in [4.78, 5) is 14.1. The Kier molecular flexibility index (Phi) is 5.01. The van der Waals surface area contributed by atoms with Crippen LogP contribution in [0.2, 0.25) is 0 Å². The van der Waals surface area contributed by atoms with E-state index in [1.54, 1.807) is 44.4 Å². The summed E-state index contributed by atoms with van der Waals surface area (Å²) in [6, 6.07) is 5.42. The van der Waals surface area contributed by atoms with E-state index in [0.29, 0.717) is 17.1 Å². The molecule has 1 unspecified atom stereocenters. The smallest absolute Gasteiger partial charge is 0.257 e. The van der Waals surface area contributed by atoms with Gasteiger partial charge >= 0.3 is 0 Å². The second kappa shape index (κ2) is 6.28. The van der Waals surface area contributed by atoms with Crippen molar-refractivity contribution >= 4 is 5.91 Å². The lowest BCUT2D eigenvalue weighted by Gasteiger charge is -2.24. The fourth-order valence-electron chi connectivity index (χ4n) is 1.64. The van der Waals surface area contributed by atoms with Gasteiger partial charge in [0, 0.05) is 19.2 Å². The fraction of sp³-hybridized carbons (Fsp3) is 0.500. The first-order chi connectivity index (χ1) is 8.54. The summed E-state index contributed by atoms with van der Waals surface area (Å²) in [7, 11) is 4.94. The molecule has 18 heavy (non-hydrogen) atoms. The average Bonchev–Trinajstić information content (AvgIpc) is 2.43. The van der Waals surface area contributed by atoms with E-state index in [9.17, 15) is 4.79 Å². The zero-order valence-electron chi connectivity index (χ0n) is 11.7. The SMILES string of the molecule is CCC(C)N(C)C(=O)c1ccc(OC)cc1OC. The van der Waals surface area contributed by atoms with Crippen LogP contribution in [-0.2, 0) is 0 Å². The van der Waals surface area contributed by atoms with Crippen LogP contribution >= 0.6 is 0 Å². The minimum atomic E-state index is -0.0381. The number of benzene rings is 1. The molecule has 100 valence electrons. The molecule has 4 nitrogen and oxygen atoms in total. The molecular formula is C14H21NO3. The summed E-state index contributed by atoms with van der Waals surface area (Å²) < 4.78 is 10.4. The van der Waals surface area contributed by atoms with Crippen LogP contribution in [-0.4, -0.2) is 38.1 Å². The molecule has 0 aliphatic heterocycles. The summed E-state index contributed by atoms with van der Waals surface area (Å²) in [6.07, 6.45) is 0.917. The topological polar surface area (TPSA) is 38.8 Å². The highest BCUT2D eigenvalue weighted by Gasteiger charge is 2.20. The summed E-state index contributed by atoms with van der Waals surface area (Å²) in [5.41, 5.74) is 0.557. The van der Waals surface area contributed by atoms with Crippen LogP contribution in [0.15, 0.2) is 18.2 Å². The van der Waals surface area contributed by atoms with Gasteiger partial charge in [-0.25, -0.2) is 0 Å². The lowest BCUT2D eigenvalue weighted by molar-refractivity contribution is 0.0737. The van der Waals surface area contributed by atoms with Gasteiger partial charge in [0.2, 0.25) is 0 Å². The van der Waals surface area contributed by atoms with E-state index < -0.39 is 0 Å². The standard InChI is InChI=1S/C14H21NO3/c1-6-10(2)15(3)14(16)12-8-7-11(17-4)9-13(12)18-5/h7-10H,6H2,1-5H3. The lowest BCUT2D eigenvalue weighted by atomic mass is 10.1. The number of hydrogen-bond acceptors (Lipinski definition) is 3. The van der Waals surface area contributed by atoms with Crippen molar-refractivity contribution in [2.75, 3.05) is 21.3 Å². The second-order valence-electron chi connectivity index (χ2n) is 4.24. The Morgan fingerprint density at radius 2 is 2.00 bits per heavy atom. The molecular weight excluding hydrogens is 230 g/mol. The predicted molar refractivity (Wildman–Crippen MR) is 71.4 cm³/mol. The number of ether oxygens (including phenoxy) is 2. The van der Waals surface area contributed by atoms with Crippen molar-refractivity contribution in [1.82, 2.24) is 4.90 Å². The van der Waals surface area contributed by atoms with Gasteiger partial charge < -0.3 is 14.4 Å². The predicted octanol–water partition coefficient (Wildman–Crippen LogP) is 2.57. The Balaban J connectivity index is 3.05. The minimum absolute atomic E-state index is 0.0381. The van der Waals surface area contributed by atoms with Crippen LogP contribution in [0.3, 0.4) is 0 Å². The second-order valence-corrected chi connectivity index (χ2v) is 4.24. The van der Waals surface area contributed by atoms with Crippen molar-refractivity contribution in [3.05, 3.63) is 23.8 Å². The van der Waals surface area contributed by atoms with Crippen molar-refractivity contribution in [3.63, 3.8) is 0 Å². The normalized spacial score (nSPS) is 11.8. The fourth-order valence-corrected chi connectivity index (χ4v) is 1.64. The maximum atomic E-state index is 12.3. The molecule has 0 saturated carbocycles. The Labute approximate surface area is 108 Å². The van der Waals surface area contributed by atoms with Gasteiger partial charge in [0.15, 0.2) is 0 Å². The number of amides is 1. The Bertz CT molecular complexity index is 418. The Morgan fingerprint density at radius 1 is 1.33 bits per heavy atom. The minimum Gasteiger partial charge on any atom is -0.497 e. The third-order valence-corrected chi connectivity index (χ3v) is 3.21. The molecule has 0 spiro atoms. The molecule has 1 atom stereocenters. The number of hydrogen-bond donors (Lipinski definition) is 0. The van der Waals surface area contributed by atoms with Crippen LogP contribution in [0.25, 0.3) is 0 Å². The molecule has 0 saturated heterocycles. The molecule has 0 aliphatic carbocycles. The molecule has 1 aromatic carbocycles. The number of nitrogens with zero attached hydrogens (tertiary/aromatic N) is 1. The number of methoxy groups -OCH3 is 2. The first-order valence-electron chi connectivity index (χ1n) is 6.04. The maximum absolute atomic E-state index is 12.3. The van der Waals surface area contributed by atoms with E-state index in [-0.39, 0.29) is 11.9 Å². The summed E-state index contributed by atoms with van der Waals surface area (Å²) in [5.74, 6) is 1.17. The van der Waals surface area contributed by atoms with E-state index in [1.807, 2.05) is 6.92 Å². The van der Waals surface area contributed by atoms with E-state index >= 15 is 0 Å². The molecule has 0 heterocycles. The van der Waals surface area contributed by atoms with Gasteiger partial charge in [0.25, 0.3) is 5.91 Å². The van der Waals surface area contributed by atoms with Crippen LogP contribution in [0, 0.1) is 0 Å². The van der Waals surface area contributed by atoms with Crippen molar-refractivity contribution < 1.29 is 14.3 Å². The zero-order chi connectivity index (χ0) is 13.7. The largest absolute Gasteiger partial charge is 0.497 e. The van der Waals surface area contributed by atoms with Crippen molar-refractivity contribution in [3.8, 4) is 11.5 Å². The van der Waals surface area contributed by atoms with E-state index in [0.717, 1.165) is 6.42 Å². The first-order valence-corrected chi connectivity index (χ1v) is 6.04. The maximum Gasteiger partial charge on any atom is 0.257 e. The molecule has 0 aliphatic rings. The highest BCUT2D eigenvalue weighted by molar-refractivity contribution is 5.97. The van der Waals surface area contributed by atoms with Crippen LogP contribution < -0.4 is 9.47 Å². The van der Waals surface area contributed by atoms with Gasteiger partial charge in [-0.3, -0.25) is 4.79 Å². The van der Waals surface area contributed by atoms with Crippen LogP contribution in [0.4, 0.5) is 0 Å². The molecule has 0 radical (unpaired) electrons. The van der Waals surface area contributed by atoms with Crippen molar-refractivity contribution in [1.29, 1.82) is 0 Å². The van der Waals surface area contributed by atoms with Gasteiger partial charge in [-0.1, -0.05) is 6.92 Å². The highest BCUT2D eigenvalue weighted by atomic mass is 16.5. The third-order valence-electron chi connectivity index (χ3n) is 3.21. The molecule has 0 bridgehead atoms. The van der Waals surface area contributed by atoms with Gasteiger partial charge in [-0.15, -0.1) is 0 Å². The molecule has 0 aromatic heterocycles. The lowest BCUT2D eigenvalue weighted by Crippen LogP contribution is -2.34. The van der Waals surface area contributed by atoms with Gasteiger partial charge in [0.05, 0.1) is 19.8 Å². The molecule has 4 heteroatoms. The molecule has 0 N–H and O–H groups in total. The van der Waals surface area contributed by atoms with E-state index in [2.05, 4.69) is 6.92 Å². The van der Waals surface area contributed by atoms with Crippen molar-refractivity contribution in [2.45, 2.75) is 26.3 Å². The third kappa shape index (κ3) is 2.94. The highest BCUT2D eigenvalue weighted by Crippen LogP contribution is 2.26.